The molecule has 1 aromatic heterocycles. The molecule has 1 aliphatic heterocycles. The molecular formula is C18H24FN3O. The van der Waals surface area contributed by atoms with Crippen LogP contribution in [0, 0.1) is 5.82 Å². The fourth-order valence-corrected chi connectivity index (χ4v) is 3.19. The van der Waals surface area contributed by atoms with Crippen LogP contribution in [0.4, 0.5) is 4.39 Å². The lowest BCUT2D eigenvalue weighted by Crippen LogP contribution is -2.44. The van der Waals surface area contributed by atoms with Crippen molar-refractivity contribution in [1.82, 2.24) is 14.7 Å². The van der Waals surface area contributed by atoms with Gasteiger partial charge in [0, 0.05) is 31.0 Å². The molecule has 0 radical (unpaired) electrons. The maximum atomic E-state index is 13.3. The number of benzene rings is 1. The number of hydrogen-bond acceptors (Lipinski definition) is 3. The predicted octanol–water partition coefficient (Wildman–Crippen LogP) is 3.40. The standard InChI is InChI=1S/C18H24FN3O/c1-18(2)10-17(7-8-23-18)21(3)12-14-11-20-22(13-14)16-6-4-5-15(19)9-16/h4-6,9,11,13,17H,7-8,10,12H2,1-3H3/t17-/m0/s1. The number of rotatable bonds is 4. The minimum atomic E-state index is -0.249. The van der Waals surface area contributed by atoms with Gasteiger partial charge in [-0.05, 0) is 51.9 Å². The number of nitrogens with zero attached hydrogens (tertiary/aromatic N) is 3. The van der Waals surface area contributed by atoms with E-state index < -0.39 is 0 Å². The molecule has 124 valence electrons. The SMILES string of the molecule is CN(Cc1cnn(-c2cccc(F)c2)c1)[C@H]1CCOC(C)(C)C1. The van der Waals surface area contributed by atoms with Crippen LogP contribution in [-0.4, -0.2) is 40.0 Å². The quantitative estimate of drug-likeness (QED) is 0.866. The smallest absolute Gasteiger partial charge is 0.125 e. The van der Waals surface area contributed by atoms with E-state index in [0.29, 0.717) is 6.04 Å². The van der Waals surface area contributed by atoms with E-state index in [1.54, 1.807) is 10.7 Å². The Hall–Kier alpha value is -1.72. The van der Waals surface area contributed by atoms with Gasteiger partial charge in [0.05, 0.1) is 17.5 Å². The van der Waals surface area contributed by atoms with E-state index in [0.717, 1.165) is 37.2 Å². The van der Waals surface area contributed by atoms with Gasteiger partial charge in [-0.1, -0.05) is 6.07 Å². The molecule has 3 rings (SSSR count). The Kier molecular flexibility index (Phi) is 4.50. The minimum absolute atomic E-state index is 0.0527. The molecule has 0 bridgehead atoms. The van der Waals surface area contributed by atoms with Crippen molar-refractivity contribution in [3.05, 3.63) is 48.0 Å². The molecule has 0 N–H and O–H groups in total. The highest BCUT2D eigenvalue weighted by molar-refractivity contribution is 5.31. The molecule has 0 aliphatic carbocycles. The summed E-state index contributed by atoms with van der Waals surface area (Å²) in [5.41, 5.74) is 1.82. The Balaban J connectivity index is 1.67. The second-order valence-corrected chi connectivity index (χ2v) is 6.94. The minimum Gasteiger partial charge on any atom is -0.375 e. The lowest BCUT2D eigenvalue weighted by Gasteiger charge is -2.39. The largest absolute Gasteiger partial charge is 0.375 e. The van der Waals surface area contributed by atoms with Crippen molar-refractivity contribution in [1.29, 1.82) is 0 Å². The summed E-state index contributed by atoms with van der Waals surface area (Å²) >= 11 is 0. The van der Waals surface area contributed by atoms with E-state index in [2.05, 4.69) is 30.9 Å². The molecule has 5 heteroatoms. The van der Waals surface area contributed by atoms with Crippen LogP contribution in [0.5, 0.6) is 0 Å². The Bertz CT molecular complexity index is 668. The fraction of sp³-hybridized carbons (Fsp3) is 0.500. The molecule has 0 saturated carbocycles. The zero-order valence-electron chi connectivity index (χ0n) is 14.0. The van der Waals surface area contributed by atoms with E-state index in [-0.39, 0.29) is 11.4 Å². The van der Waals surface area contributed by atoms with Gasteiger partial charge in [-0.3, -0.25) is 4.90 Å². The number of aromatic nitrogens is 2. The van der Waals surface area contributed by atoms with Crippen LogP contribution in [0.15, 0.2) is 36.7 Å². The molecule has 1 aromatic carbocycles. The van der Waals surface area contributed by atoms with Crippen molar-refractivity contribution >= 4 is 0 Å². The van der Waals surface area contributed by atoms with Crippen molar-refractivity contribution in [2.45, 2.75) is 44.9 Å². The van der Waals surface area contributed by atoms with Gasteiger partial charge in [-0.2, -0.15) is 5.10 Å². The maximum Gasteiger partial charge on any atom is 0.125 e. The van der Waals surface area contributed by atoms with E-state index >= 15 is 0 Å². The highest BCUT2D eigenvalue weighted by Crippen LogP contribution is 2.27. The average molecular weight is 317 g/mol. The van der Waals surface area contributed by atoms with Crippen LogP contribution in [0.1, 0.15) is 32.3 Å². The predicted molar refractivity (Wildman–Crippen MR) is 88.0 cm³/mol. The van der Waals surface area contributed by atoms with Crippen molar-refractivity contribution in [2.24, 2.45) is 0 Å². The summed E-state index contributed by atoms with van der Waals surface area (Å²) < 4.78 is 20.8. The highest BCUT2D eigenvalue weighted by atomic mass is 19.1. The van der Waals surface area contributed by atoms with Crippen molar-refractivity contribution in [2.75, 3.05) is 13.7 Å². The van der Waals surface area contributed by atoms with Gasteiger partial charge < -0.3 is 4.74 Å². The fourth-order valence-electron chi connectivity index (χ4n) is 3.19. The Morgan fingerprint density at radius 2 is 2.26 bits per heavy atom. The van der Waals surface area contributed by atoms with Gasteiger partial charge in [-0.25, -0.2) is 9.07 Å². The second-order valence-electron chi connectivity index (χ2n) is 6.94. The van der Waals surface area contributed by atoms with Crippen molar-refractivity contribution in [3.63, 3.8) is 0 Å². The monoisotopic (exact) mass is 317 g/mol. The third kappa shape index (κ3) is 3.98. The zero-order valence-corrected chi connectivity index (χ0v) is 14.0. The van der Waals surface area contributed by atoms with Crippen molar-refractivity contribution in [3.8, 4) is 5.69 Å². The third-order valence-corrected chi connectivity index (χ3v) is 4.44. The van der Waals surface area contributed by atoms with Crippen molar-refractivity contribution < 1.29 is 9.13 Å². The van der Waals surface area contributed by atoms with Gasteiger partial charge in [0.1, 0.15) is 5.82 Å². The summed E-state index contributed by atoms with van der Waals surface area (Å²) in [4.78, 5) is 2.36. The first-order valence-electron chi connectivity index (χ1n) is 8.07. The van der Waals surface area contributed by atoms with Gasteiger partial charge in [0.25, 0.3) is 0 Å². The summed E-state index contributed by atoms with van der Waals surface area (Å²) in [5.74, 6) is -0.249. The topological polar surface area (TPSA) is 30.3 Å². The molecule has 0 amide bonds. The van der Waals surface area contributed by atoms with Gasteiger partial charge in [0.2, 0.25) is 0 Å². The lowest BCUT2D eigenvalue weighted by molar-refractivity contribution is -0.0809. The molecule has 0 unspecified atom stereocenters. The number of ether oxygens (including phenoxy) is 1. The molecule has 1 aliphatic rings. The molecule has 2 heterocycles. The van der Waals surface area contributed by atoms with Crippen LogP contribution in [0.2, 0.25) is 0 Å². The second kappa shape index (κ2) is 6.42. The van der Waals surface area contributed by atoms with E-state index in [9.17, 15) is 4.39 Å². The summed E-state index contributed by atoms with van der Waals surface area (Å²) in [6.07, 6.45) is 5.90. The summed E-state index contributed by atoms with van der Waals surface area (Å²) in [7, 11) is 2.14. The summed E-state index contributed by atoms with van der Waals surface area (Å²) in [6, 6.07) is 6.99. The molecule has 4 nitrogen and oxygen atoms in total. The van der Waals surface area contributed by atoms with E-state index in [1.165, 1.54) is 12.1 Å². The highest BCUT2D eigenvalue weighted by Gasteiger charge is 2.30. The summed E-state index contributed by atoms with van der Waals surface area (Å²) in [6.45, 7) is 5.94. The van der Waals surface area contributed by atoms with Crippen LogP contribution in [0.25, 0.3) is 5.69 Å². The van der Waals surface area contributed by atoms with E-state index in [1.807, 2.05) is 18.5 Å². The van der Waals surface area contributed by atoms with Crippen LogP contribution < -0.4 is 0 Å². The Labute approximate surface area is 136 Å². The molecule has 1 atom stereocenters. The van der Waals surface area contributed by atoms with Crippen LogP contribution in [-0.2, 0) is 11.3 Å². The first kappa shape index (κ1) is 16.1. The van der Waals surface area contributed by atoms with Gasteiger partial charge in [0.15, 0.2) is 0 Å². The molecule has 2 aromatic rings. The Morgan fingerprint density at radius 1 is 1.43 bits per heavy atom. The Morgan fingerprint density at radius 3 is 3.00 bits per heavy atom. The molecule has 1 saturated heterocycles. The van der Waals surface area contributed by atoms with Gasteiger partial charge in [-0.15, -0.1) is 0 Å². The number of halogens is 1. The normalized spacial score (nSPS) is 20.8. The zero-order chi connectivity index (χ0) is 16.4. The maximum absolute atomic E-state index is 13.3. The van der Waals surface area contributed by atoms with Crippen LogP contribution in [0.3, 0.4) is 0 Å². The van der Waals surface area contributed by atoms with Gasteiger partial charge >= 0.3 is 0 Å². The third-order valence-electron chi connectivity index (χ3n) is 4.44. The first-order valence-corrected chi connectivity index (χ1v) is 8.07. The molecule has 1 fully saturated rings. The van der Waals surface area contributed by atoms with E-state index in [4.69, 9.17) is 4.74 Å². The molecule has 0 spiro atoms. The average Bonchev–Trinajstić information content (AvgIpc) is 2.95. The summed E-state index contributed by atoms with van der Waals surface area (Å²) in [5, 5.41) is 4.35. The molecule has 23 heavy (non-hydrogen) atoms. The van der Waals surface area contributed by atoms with Crippen LogP contribution >= 0.6 is 0 Å². The number of hydrogen-bond donors (Lipinski definition) is 0. The molecular weight excluding hydrogens is 293 g/mol. The first-order chi connectivity index (χ1) is 10.9. The lowest BCUT2D eigenvalue weighted by atomic mass is 9.93.